The Morgan fingerprint density at radius 1 is 1.04 bits per heavy atom. The van der Waals surface area contributed by atoms with Gasteiger partial charge in [-0.25, -0.2) is 9.36 Å². The highest BCUT2D eigenvalue weighted by Gasteiger charge is 2.21. The maximum Gasteiger partial charge on any atom is 0.407 e. The Hall–Kier alpha value is -2.30. The van der Waals surface area contributed by atoms with E-state index in [2.05, 4.69) is 5.32 Å². The van der Waals surface area contributed by atoms with E-state index in [0.29, 0.717) is 5.75 Å². The van der Waals surface area contributed by atoms with Gasteiger partial charge in [-0.05, 0) is 17.7 Å². The van der Waals surface area contributed by atoms with Crippen molar-refractivity contribution in [3.05, 3.63) is 66.2 Å². The van der Waals surface area contributed by atoms with E-state index in [-0.39, 0.29) is 19.3 Å². The minimum Gasteiger partial charge on any atom is -0.445 e. The maximum atomic E-state index is 11.9. The van der Waals surface area contributed by atoms with Crippen molar-refractivity contribution in [3.63, 3.8) is 0 Å². The minimum atomic E-state index is -3.82. The van der Waals surface area contributed by atoms with Crippen LogP contribution in [-0.4, -0.2) is 23.7 Å². The summed E-state index contributed by atoms with van der Waals surface area (Å²) in [5, 5.41) is 2.42. The topological polar surface area (TPSA) is 84.9 Å². The summed E-state index contributed by atoms with van der Waals surface area (Å²) in [5.41, 5.74) is 0.864. The molecule has 0 fully saturated rings. The number of rotatable bonds is 7. The summed E-state index contributed by atoms with van der Waals surface area (Å²) in [6.45, 7) is 0.123. The normalized spacial score (nSPS) is 12.9. The Labute approximate surface area is 134 Å². The van der Waals surface area contributed by atoms with Crippen molar-refractivity contribution in [1.29, 1.82) is 0 Å². The third-order valence-electron chi connectivity index (χ3n) is 2.87. The molecule has 0 aliphatic carbocycles. The molecule has 1 atom stereocenters. The van der Waals surface area contributed by atoms with Crippen LogP contribution >= 0.6 is 7.60 Å². The van der Waals surface area contributed by atoms with E-state index in [0.717, 1.165) is 5.56 Å². The summed E-state index contributed by atoms with van der Waals surface area (Å²) < 4.78 is 21.9. The maximum absolute atomic E-state index is 11.9. The molecule has 0 aliphatic heterocycles. The van der Waals surface area contributed by atoms with E-state index in [1.807, 2.05) is 30.3 Å². The quantitative estimate of drug-likeness (QED) is 0.759. The fraction of sp³-hybridized carbons (Fsp3) is 0.188. The number of nitrogens with one attached hydrogen (secondary N) is 1. The first-order valence-corrected chi connectivity index (χ1v) is 8.82. The van der Waals surface area contributed by atoms with Crippen molar-refractivity contribution in [2.24, 2.45) is 0 Å². The molecule has 0 spiro atoms. The third-order valence-corrected chi connectivity index (χ3v) is 4.15. The predicted molar refractivity (Wildman–Crippen MR) is 86.4 cm³/mol. The first-order valence-electron chi connectivity index (χ1n) is 7.06. The van der Waals surface area contributed by atoms with Crippen molar-refractivity contribution < 1.29 is 23.5 Å². The number of ether oxygens (including phenoxy) is 1. The molecule has 0 aliphatic rings. The summed E-state index contributed by atoms with van der Waals surface area (Å²) in [5.74, 6) is 0.310. The lowest BCUT2D eigenvalue weighted by Crippen LogP contribution is -2.27. The molecule has 0 saturated carbocycles. The molecule has 0 bridgehead atoms. The SMILES string of the molecule is O=C(NCCP(=O)(O)Oc1ccccc1)OCc1ccccc1. The lowest BCUT2D eigenvalue weighted by Gasteiger charge is -2.13. The van der Waals surface area contributed by atoms with Crippen LogP contribution in [0.2, 0.25) is 0 Å². The summed E-state index contributed by atoms with van der Waals surface area (Å²) >= 11 is 0. The van der Waals surface area contributed by atoms with Gasteiger partial charge < -0.3 is 19.5 Å². The van der Waals surface area contributed by atoms with Crippen molar-refractivity contribution in [3.8, 4) is 5.75 Å². The zero-order chi connectivity index (χ0) is 16.5. The number of hydrogen-bond donors (Lipinski definition) is 2. The van der Waals surface area contributed by atoms with Crippen LogP contribution in [0.4, 0.5) is 4.79 Å². The Kier molecular flexibility index (Phi) is 6.20. The molecule has 1 amide bonds. The van der Waals surface area contributed by atoms with Gasteiger partial charge in [-0.15, -0.1) is 0 Å². The van der Waals surface area contributed by atoms with E-state index in [9.17, 15) is 14.3 Å². The Morgan fingerprint density at radius 2 is 1.65 bits per heavy atom. The molecule has 7 heteroatoms. The third kappa shape index (κ3) is 6.55. The fourth-order valence-electron chi connectivity index (χ4n) is 1.77. The molecule has 0 radical (unpaired) electrons. The number of carbonyl (C=O) groups is 1. The van der Waals surface area contributed by atoms with Gasteiger partial charge >= 0.3 is 13.7 Å². The van der Waals surface area contributed by atoms with Gasteiger partial charge in [0.1, 0.15) is 12.4 Å². The van der Waals surface area contributed by atoms with E-state index in [4.69, 9.17) is 9.26 Å². The zero-order valence-corrected chi connectivity index (χ0v) is 13.3. The molecule has 2 rings (SSSR count). The second kappa shape index (κ2) is 8.36. The van der Waals surface area contributed by atoms with Gasteiger partial charge in [0.15, 0.2) is 0 Å². The number of benzene rings is 2. The Morgan fingerprint density at radius 3 is 2.30 bits per heavy atom. The van der Waals surface area contributed by atoms with Crippen LogP contribution in [-0.2, 0) is 15.9 Å². The second-order valence-electron chi connectivity index (χ2n) is 4.75. The van der Waals surface area contributed by atoms with Crippen LogP contribution < -0.4 is 9.84 Å². The van der Waals surface area contributed by atoms with Gasteiger partial charge in [-0.2, -0.15) is 0 Å². The largest absolute Gasteiger partial charge is 0.445 e. The highest BCUT2D eigenvalue weighted by molar-refractivity contribution is 7.53. The van der Waals surface area contributed by atoms with E-state index in [1.54, 1.807) is 30.3 Å². The average Bonchev–Trinajstić information content (AvgIpc) is 2.54. The van der Waals surface area contributed by atoms with Crippen molar-refractivity contribution >= 4 is 13.7 Å². The second-order valence-corrected chi connectivity index (χ2v) is 6.66. The smallest absolute Gasteiger partial charge is 0.407 e. The minimum absolute atomic E-state index is 0.0196. The van der Waals surface area contributed by atoms with Gasteiger partial charge in [0.25, 0.3) is 0 Å². The predicted octanol–water partition coefficient (Wildman–Crippen LogP) is 3.18. The lowest BCUT2D eigenvalue weighted by atomic mass is 10.2. The molecule has 0 aromatic heterocycles. The van der Waals surface area contributed by atoms with Crippen LogP contribution in [0.5, 0.6) is 5.75 Å². The zero-order valence-electron chi connectivity index (χ0n) is 12.4. The van der Waals surface area contributed by atoms with Crippen LogP contribution in [0.3, 0.4) is 0 Å². The Bertz CT molecular complexity index is 663. The molecule has 2 aromatic carbocycles. The molecule has 122 valence electrons. The van der Waals surface area contributed by atoms with Crippen LogP contribution in [0.1, 0.15) is 5.56 Å². The number of alkyl carbamates (subject to hydrolysis) is 1. The lowest BCUT2D eigenvalue weighted by molar-refractivity contribution is 0.140. The van der Waals surface area contributed by atoms with Gasteiger partial charge in [-0.3, -0.25) is 0 Å². The van der Waals surface area contributed by atoms with Crippen molar-refractivity contribution in [2.75, 3.05) is 12.7 Å². The molecule has 2 N–H and O–H groups in total. The highest BCUT2D eigenvalue weighted by atomic mass is 31.2. The van der Waals surface area contributed by atoms with Gasteiger partial charge in [0.2, 0.25) is 0 Å². The molecule has 2 aromatic rings. The Balaban J connectivity index is 1.69. The molecule has 0 heterocycles. The standard InChI is InChI=1S/C16H18NO5P/c18-16(21-13-14-7-3-1-4-8-14)17-11-12-23(19,20)22-15-9-5-2-6-10-15/h1-10H,11-13H2,(H,17,18)(H,19,20). The average molecular weight is 335 g/mol. The number of hydrogen-bond acceptors (Lipinski definition) is 4. The number of para-hydroxylation sites is 1. The molecular formula is C16H18NO5P. The van der Waals surface area contributed by atoms with Crippen molar-refractivity contribution in [1.82, 2.24) is 5.32 Å². The molecule has 23 heavy (non-hydrogen) atoms. The van der Waals surface area contributed by atoms with Crippen LogP contribution in [0, 0.1) is 0 Å². The monoisotopic (exact) mass is 335 g/mol. The molecule has 6 nitrogen and oxygen atoms in total. The summed E-state index contributed by atoms with van der Waals surface area (Å²) in [6.07, 6.45) is -0.851. The summed E-state index contributed by atoms with van der Waals surface area (Å²) in [4.78, 5) is 21.2. The first kappa shape index (κ1) is 17.1. The summed E-state index contributed by atoms with van der Waals surface area (Å²) in [6, 6.07) is 17.6. The van der Waals surface area contributed by atoms with E-state index < -0.39 is 13.7 Å². The highest BCUT2D eigenvalue weighted by Crippen LogP contribution is 2.41. The molecule has 0 saturated heterocycles. The van der Waals surface area contributed by atoms with Crippen LogP contribution in [0.15, 0.2) is 60.7 Å². The van der Waals surface area contributed by atoms with Gasteiger partial charge in [0, 0.05) is 6.54 Å². The summed E-state index contributed by atoms with van der Waals surface area (Å²) in [7, 11) is -3.82. The number of carbonyl (C=O) groups excluding carboxylic acids is 1. The fourth-order valence-corrected chi connectivity index (χ4v) is 2.70. The first-order chi connectivity index (χ1) is 11.1. The van der Waals surface area contributed by atoms with E-state index in [1.165, 1.54) is 0 Å². The molecule has 1 unspecified atom stereocenters. The number of amides is 1. The van der Waals surface area contributed by atoms with Crippen LogP contribution in [0.25, 0.3) is 0 Å². The van der Waals surface area contributed by atoms with Gasteiger partial charge in [-0.1, -0.05) is 48.5 Å². The molecular weight excluding hydrogens is 317 g/mol. The van der Waals surface area contributed by atoms with Gasteiger partial charge in [0.05, 0.1) is 6.16 Å². The van der Waals surface area contributed by atoms with E-state index >= 15 is 0 Å². The van der Waals surface area contributed by atoms with Crippen molar-refractivity contribution in [2.45, 2.75) is 6.61 Å².